The maximum absolute atomic E-state index is 13.2. The SMILES string of the molecule is CCC(NC(=O)c1cc(C(=O)NCc2cccc(C(=O)OC)c2)n2c1COCC2)c1ccccc1. The molecule has 0 fully saturated rings. The number of nitrogens with zero attached hydrogens (tertiary/aromatic N) is 1. The van der Waals surface area contributed by atoms with Crippen LogP contribution < -0.4 is 10.6 Å². The Hall–Kier alpha value is -3.91. The number of ether oxygens (including phenoxy) is 2. The highest BCUT2D eigenvalue weighted by Crippen LogP contribution is 2.23. The van der Waals surface area contributed by atoms with Gasteiger partial charge in [-0.25, -0.2) is 4.79 Å². The molecule has 0 spiro atoms. The molecule has 182 valence electrons. The van der Waals surface area contributed by atoms with Crippen molar-refractivity contribution >= 4 is 17.8 Å². The van der Waals surface area contributed by atoms with E-state index in [0.717, 1.165) is 17.5 Å². The van der Waals surface area contributed by atoms with Gasteiger partial charge in [-0.2, -0.15) is 0 Å². The molecule has 8 nitrogen and oxygen atoms in total. The summed E-state index contributed by atoms with van der Waals surface area (Å²) in [6.45, 7) is 3.46. The Morgan fingerprint density at radius 3 is 2.60 bits per heavy atom. The molecule has 8 heteroatoms. The van der Waals surface area contributed by atoms with Gasteiger partial charge in [0.05, 0.1) is 43.2 Å². The summed E-state index contributed by atoms with van der Waals surface area (Å²) in [5, 5.41) is 5.99. The summed E-state index contributed by atoms with van der Waals surface area (Å²) in [4.78, 5) is 38.1. The topological polar surface area (TPSA) is 98.7 Å². The van der Waals surface area contributed by atoms with Crippen LogP contribution in [0.15, 0.2) is 60.7 Å². The largest absolute Gasteiger partial charge is 0.465 e. The Kier molecular flexibility index (Phi) is 7.62. The average molecular weight is 476 g/mol. The van der Waals surface area contributed by atoms with E-state index in [1.54, 1.807) is 24.3 Å². The second-order valence-corrected chi connectivity index (χ2v) is 8.31. The number of aromatic nitrogens is 1. The predicted octanol–water partition coefficient (Wildman–Crippen LogP) is 3.62. The lowest BCUT2D eigenvalue weighted by molar-refractivity contribution is 0.0600. The van der Waals surface area contributed by atoms with Crippen molar-refractivity contribution in [2.45, 2.75) is 39.1 Å². The van der Waals surface area contributed by atoms with Gasteiger partial charge in [-0.15, -0.1) is 0 Å². The molecule has 2 heterocycles. The molecule has 1 aliphatic heterocycles. The van der Waals surface area contributed by atoms with Gasteiger partial charge >= 0.3 is 5.97 Å². The van der Waals surface area contributed by atoms with Crippen molar-refractivity contribution in [3.8, 4) is 0 Å². The third kappa shape index (κ3) is 5.44. The van der Waals surface area contributed by atoms with Crippen LogP contribution in [-0.4, -0.2) is 36.1 Å². The van der Waals surface area contributed by atoms with E-state index in [1.807, 2.05) is 47.9 Å². The fourth-order valence-corrected chi connectivity index (χ4v) is 4.25. The Bertz CT molecular complexity index is 1220. The number of nitrogens with one attached hydrogen (secondary N) is 2. The zero-order valence-corrected chi connectivity index (χ0v) is 19.9. The monoisotopic (exact) mass is 475 g/mol. The molecular weight excluding hydrogens is 446 g/mol. The van der Waals surface area contributed by atoms with E-state index in [2.05, 4.69) is 10.6 Å². The number of hydrogen-bond donors (Lipinski definition) is 2. The molecule has 0 aliphatic carbocycles. The molecule has 2 aromatic carbocycles. The highest BCUT2D eigenvalue weighted by atomic mass is 16.5. The van der Waals surface area contributed by atoms with E-state index < -0.39 is 5.97 Å². The minimum atomic E-state index is -0.435. The van der Waals surface area contributed by atoms with E-state index in [0.29, 0.717) is 35.7 Å². The second-order valence-electron chi connectivity index (χ2n) is 8.31. The molecule has 0 bridgehead atoms. The fraction of sp³-hybridized carbons (Fsp3) is 0.296. The number of hydrogen-bond acceptors (Lipinski definition) is 5. The molecule has 0 saturated heterocycles. The first-order chi connectivity index (χ1) is 17.0. The molecule has 1 unspecified atom stereocenters. The molecule has 1 atom stereocenters. The van der Waals surface area contributed by atoms with Gasteiger partial charge in [-0.1, -0.05) is 49.4 Å². The van der Waals surface area contributed by atoms with E-state index in [4.69, 9.17) is 9.47 Å². The van der Waals surface area contributed by atoms with Gasteiger partial charge in [0, 0.05) is 13.1 Å². The van der Waals surface area contributed by atoms with Crippen LogP contribution in [0.2, 0.25) is 0 Å². The van der Waals surface area contributed by atoms with Gasteiger partial charge in [0.2, 0.25) is 0 Å². The molecule has 3 aromatic rings. The number of methoxy groups -OCH3 is 1. The Morgan fingerprint density at radius 2 is 1.86 bits per heavy atom. The summed E-state index contributed by atoms with van der Waals surface area (Å²) in [5.41, 5.74) is 3.75. The second kappa shape index (κ2) is 11.0. The highest BCUT2D eigenvalue weighted by molar-refractivity contribution is 6.01. The van der Waals surface area contributed by atoms with Gasteiger partial charge < -0.3 is 24.7 Å². The molecule has 0 radical (unpaired) electrons. The van der Waals surface area contributed by atoms with Crippen molar-refractivity contribution in [3.05, 3.63) is 94.3 Å². The van der Waals surface area contributed by atoms with Crippen molar-refractivity contribution < 1.29 is 23.9 Å². The fourth-order valence-electron chi connectivity index (χ4n) is 4.25. The van der Waals surface area contributed by atoms with E-state index in [9.17, 15) is 14.4 Å². The Balaban J connectivity index is 1.52. The molecule has 4 rings (SSSR count). The smallest absolute Gasteiger partial charge is 0.337 e. The molecule has 0 saturated carbocycles. The lowest BCUT2D eigenvalue weighted by Gasteiger charge is -2.20. The Morgan fingerprint density at radius 1 is 1.06 bits per heavy atom. The van der Waals surface area contributed by atoms with Crippen LogP contribution in [-0.2, 0) is 29.2 Å². The molecular formula is C27H29N3O5. The van der Waals surface area contributed by atoms with E-state index >= 15 is 0 Å². The van der Waals surface area contributed by atoms with E-state index in [-0.39, 0.29) is 31.0 Å². The van der Waals surface area contributed by atoms with Crippen LogP contribution in [0, 0.1) is 0 Å². The highest BCUT2D eigenvalue weighted by Gasteiger charge is 2.27. The first-order valence-corrected chi connectivity index (χ1v) is 11.6. The number of fused-ring (bicyclic) bond motifs is 1. The van der Waals surface area contributed by atoms with Gasteiger partial charge in [0.15, 0.2) is 0 Å². The number of carbonyl (C=O) groups is 3. The van der Waals surface area contributed by atoms with Gasteiger partial charge in [-0.05, 0) is 35.7 Å². The molecule has 35 heavy (non-hydrogen) atoms. The number of benzene rings is 2. The van der Waals surface area contributed by atoms with Crippen LogP contribution in [0.25, 0.3) is 0 Å². The quantitative estimate of drug-likeness (QED) is 0.485. The van der Waals surface area contributed by atoms with Gasteiger partial charge in [0.1, 0.15) is 5.69 Å². The summed E-state index contributed by atoms with van der Waals surface area (Å²) in [6, 6.07) is 18.2. The molecule has 1 aliphatic rings. The van der Waals surface area contributed by atoms with Crippen LogP contribution >= 0.6 is 0 Å². The standard InChI is InChI=1S/C27H29N3O5/c1-3-22(19-9-5-4-6-10-19)29-25(31)21-15-23(30-12-13-35-17-24(21)30)26(32)28-16-18-8-7-11-20(14-18)27(33)34-2/h4-11,14-15,22H,3,12-13,16-17H2,1-2H3,(H,28,32)(H,29,31). The van der Waals surface area contributed by atoms with Crippen LogP contribution in [0.4, 0.5) is 0 Å². The van der Waals surface area contributed by atoms with Crippen molar-refractivity contribution in [3.63, 3.8) is 0 Å². The van der Waals surface area contributed by atoms with Crippen molar-refractivity contribution in [2.75, 3.05) is 13.7 Å². The summed E-state index contributed by atoms with van der Waals surface area (Å²) in [6.07, 6.45) is 0.736. The summed E-state index contributed by atoms with van der Waals surface area (Å²) < 4.78 is 12.2. The minimum absolute atomic E-state index is 0.136. The molecule has 1 aromatic heterocycles. The first kappa shape index (κ1) is 24.2. The third-order valence-corrected chi connectivity index (χ3v) is 6.10. The summed E-state index contributed by atoms with van der Waals surface area (Å²) in [7, 11) is 1.33. The minimum Gasteiger partial charge on any atom is -0.465 e. The van der Waals surface area contributed by atoms with Crippen LogP contribution in [0.3, 0.4) is 0 Å². The van der Waals surface area contributed by atoms with E-state index in [1.165, 1.54) is 7.11 Å². The van der Waals surface area contributed by atoms with Crippen molar-refractivity contribution in [1.29, 1.82) is 0 Å². The maximum atomic E-state index is 13.2. The number of esters is 1. The van der Waals surface area contributed by atoms with Crippen molar-refractivity contribution in [1.82, 2.24) is 15.2 Å². The van der Waals surface area contributed by atoms with Gasteiger partial charge in [-0.3, -0.25) is 9.59 Å². The Labute approximate surface area is 204 Å². The van der Waals surface area contributed by atoms with Crippen LogP contribution in [0.5, 0.6) is 0 Å². The number of carbonyl (C=O) groups excluding carboxylic acids is 3. The number of amides is 2. The zero-order valence-electron chi connectivity index (χ0n) is 19.9. The van der Waals surface area contributed by atoms with Gasteiger partial charge in [0.25, 0.3) is 11.8 Å². The lowest BCUT2D eigenvalue weighted by Crippen LogP contribution is -2.30. The molecule has 2 amide bonds. The summed E-state index contributed by atoms with van der Waals surface area (Å²) >= 11 is 0. The summed E-state index contributed by atoms with van der Waals surface area (Å²) in [5.74, 6) is -0.971. The average Bonchev–Trinajstić information content (AvgIpc) is 3.30. The van der Waals surface area contributed by atoms with Crippen LogP contribution in [0.1, 0.15) is 67.4 Å². The third-order valence-electron chi connectivity index (χ3n) is 6.10. The number of rotatable bonds is 8. The first-order valence-electron chi connectivity index (χ1n) is 11.6. The van der Waals surface area contributed by atoms with Crippen molar-refractivity contribution in [2.24, 2.45) is 0 Å². The predicted molar refractivity (Wildman–Crippen MR) is 130 cm³/mol. The normalized spacial score (nSPS) is 13.4. The maximum Gasteiger partial charge on any atom is 0.337 e. The zero-order chi connectivity index (χ0) is 24.8. The lowest BCUT2D eigenvalue weighted by atomic mass is 10.0. The molecule has 2 N–H and O–H groups in total.